The number of thioether (sulfide) groups is 1. The van der Waals surface area contributed by atoms with Gasteiger partial charge in [0.05, 0.1) is 28.9 Å². The molecule has 0 unspecified atom stereocenters. The molecule has 0 bridgehead atoms. The molecule has 1 aromatic heterocycles. The molecular weight excluding hydrogens is 302 g/mol. The van der Waals surface area contributed by atoms with Crippen molar-refractivity contribution in [2.75, 3.05) is 11.1 Å². The van der Waals surface area contributed by atoms with Gasteiger partial charge < -0.3 is 5.32 Å². The Hall–Kier alpha value is -1.11. The van der Waals surface area contributed by atoms with Crippen LogP contribution in [-0.2, 0) is 10.5 Å². The zero-order valence-corrected chi connectivity index (χ0v) is 12.6. The summed E-state index contributed by atoms with van der Waals surface area (Å²) in [5.41, 5.74) is 2.64. The summed E-state index contributed by atoms with van der Waals surface area (Å²) in [6.45, 7) is 1.92. The molecular formula is C12H12ClN3OS2. The summed E-state index contributed by atoms with van der Waals surface area (Å²) in [4.78, 5) is 11.7. The van der Waals surface area contributed by atoms with Crippen molar-refractivity contribution < 1.29 is 4.79 Å². The number of nitrogens with one attached hydrogen (secondary N) is 1. The monoisotopic (exact) mass is 313 g/mol. The van der Waals surface area contributed by atoms with E-state index in [0.29, 0.717) is 16.5 Å². The highest BCUT2D eigenvalue weighted by Crippen LogP contribution is 2.16. The number of carbonyl (C=O) groups is 1. The summed E-state index contributed by atoms with van der Waals surface area (Å²) in [5, 5.41) is 3.46. The molecule has 2 aromatic rings. The van der Waals surface area contributed by atoms with Gasteiger partial charge >= 0.3 is 0 Å². The van der Waals surface area contributed by atoms with Crippen molar-refractivity contribution in [3.8, 4) is 0 Å². The van der Waals surface area contributed by atoms with Crippen molar-refractivity contribution in [1.82, 2.24) is 8.75 Å². The lowest BCUT2D eigenvalue weighted by Gasteiger charge is -2.04. The van der Waals surface area contributed by atoms with Crippen molar-refractivity contribution in [3.05, 3.63) is 40.7 Å². The second-order valence-corrected chi connectivity index (χ2v) is 5.79. The van der Waals surface area contributed by atoms with Gasteiger partial charge in [0.25, 0.3) is 0 Å². The summed E-state index contributed by atoms with van der Waals surface area (Å²) in [5.74, 6) is 1.06. The van der Waals surface area contributed by atoms with Crippen molar-refractivity contribution in [2.45, 2.75) is 12.7 Å². The van der Waals surface area contributed by atoms with E-state index in [-0.39, 0.29) is 5.91 Å². The SMILES string of the molecule is Cc1nsnc1CSCC(=O)Nc1ccc(Cl)cc1. The van der Waals surface area contributed by atoms with Crippen LogP contribution in [0, 0.1) is 6.92 Å². The van der Waals surface area contributed by atoms with Crippen molar-refractivity contribution in [3.63, 3.8) is 0 Å². The first-order valence-electron chi connectivity index (χ1n) is 5.56. The summed E-state index contributed by atoms with van der Waals surface area (Å²) in [6, 6.07) is 7.04. The number of nitrogens with zero attached hydrogens (tertiary/aromatic N) is 2. The number of hydrogen-bond acceptors (Lipinski definition) is 5. The number of aryl methyl sites for hydroxylation is 1. The van der Waals surface area contributed by atoms with E-state index >= 15 is 0 Å². The van der Waals surface area contributed by atoms with E-state index in [4.69, 9.17) is 11.6 Å². The average molecular weight is 314 g/mol. The Morgan fingerprint density at radius 1 is 1.37 bits per heavy atom. The molecule has 100 valence electrons. The summed E-state index contributed by atoms with van der Waals surface area (Å²) < 4.78 is 8.26. The fourth-order valence-corrected chi connectivity index (χ4v) is 2.95. The third-order valence-corrected chi connectivity index (χ3v) is 4.20. The molecule has 2 rings (SSSR count). The number of rotatable bonds is 5. The maximum absolute atomic E-state index is 11.7. The highest BCUT2D eigenvalue weighted by Gasteiger charge is 2.06. The lowest BCUT2D eigenvalue weighted by molar-refractivity contribution is -0.113. The molecule has 1 N–H and O–H groups in total. The van der Waals surface area contributed by atoms with Crippen LogP contribution in [0.1, 0.15) is 11.4 Å². The van der Waals surface area contributed by atoms with Crippen LogP contribution in [0.25, 0.3) is 0 Å². The quantitative estimate of drug-likeness (QED) is 0.919. The van der Waals surface area contributed by atoms with Crippen molar-refractivity contribution >= 4 is 46.7 Å². The Morgan fingerprint density at radius 2 is 2.11 bits per heavy atom. The molecule has 0 saturated carbocycles. The minimum atomic E-state index is -0.0341. The van der Waals surface area contributed by atoms with Crippen LogP contribution in [0.2, 0.25) is 5.02 Å². The van der Waals surface area contributed by atoms with Gasteiger partial charge in [-0.05, 0) is 31.2 Å². The van der Waals surface area contributed by atoms with E-state index in [2.05, 4.69) is 14.1 Å². The van der Waals surface area contributed by atoms with Gasteiger partial charge in [-0.15, -0.1) is 11.8 Å². The number of benzene rings is 1. The largest absolute Gasteiger partial charge is 0.325 e. The number of aromatic nitrogens is 2. The topological polar surface area (TPSA) is 54.9 Å². The number of amides is 1. The van der Waals surface area contributed by atoms with Crippen LogP contribution in [0.4, 0.5) is 5.69 Å². The number of carbonyl (C=O) groups excluding carboxylic acids is 1. The number of halogens is 1. The smallest absolute Gasteiger partial charge is 0.234 e. The van der Waals surface area contributed by atoms with Crippen LogP contribution in [0.3, 0.4) is 0 Å². The molecule has 0 aliphatic carbocycles. The molecule has 4 nitrogen and oxygen atoms in total. The Morgan fingerprint density at radius 3 is 2.74 bits per heavy atom. The van der Waals surface area contributed by atoms with Gasteiger partial charge in [-0.2, -0.15) is 8.75 Å². The maximum atomic E-state index is 11.7. The van der Waals surface area contributed by atoms with Crippen molar-refractivity contribution in [2.24, 2.45) is 0 Å². The molecule has 19 heavy (non-hydrogen) atoms. The van der Waals surface area contributed by atoms with Gasteiger partial charge in [0.2, 0.25) is 5.91 Å². The van der Waals surface area contributed by atoms with Crippen LogP contribution < -0.4 is 5.32 Å². The Bertz CT molecular complexity index is 556. The van der Waals surface area contributed by atoms with Gasteiger partial charge in [0.15, 0.2) is 0 Å². The third kappa shape index (κ3) is 4.49. The molecule has 0 aliphatic heterocycles. The van der Waals surface area contributed by atoms with E-state index in [1.54, 1.807) is 24.3 Å². The zero-order chi connectivity index (χ0) is 13.7. The van der Waals surface area contributed by atoms with Gasteiger partial charge in [-0.1, -0.05) is 11.6 Å². The Balaban J connectivity index is 1.76. The van der Waals surface area contributed by atoms with Gasteiger partial charge in [-0.25, -0.2) is 0 Å². The predicted octanol–water partition coefficient (Wildman–Crippen LogP) is 3.37. The zero-order valence-electron chi connectivity index (χ0n) is 10.2. The third-order valence-electron chi connectivity index (χ3n) is 2.35. The molecule has 1 heterocycles. The summed E-state index contributed by atoms with van der Waals surface area (Å²) in [6.07, 6.45) is 0. The van der Waals surface area contributed by atoms with E-state index in [1.165, 1.54) is 23.5 Å². The molecule has 0 spiro atoms. The highest BCUT2D eigenvalue weighted by molar-refractivity contribution is 7.99. The second-order valence-electron chi connectivity index (χ2n) is 3.84. The normalized spacial score (nSPS) is 10.4. The van der Waals surface area contributed by atoms with Crippen LogP contribution in [-0.4, -0.2) is 20.4 Å². The molecule has 0 radical (unpaired) electrons. The van der Waals surface area contributed by atoms with E-state index in [9.17, 15) is 4.79 Å². The fourth-order valence-electron chi connectivity index (χ4n) is 1.35. The van der Waals surface area contributed by atoms with Gasteiger partial charge in [-0.3, -0.25) is 4.79 Å². The first kappa shape index (κ1) is 14.3. The molecule has 7 heteroatoms. The minimum absolute atomic E-state index is 0.0341. The van der Waals surface area contributed by atoms with E-state index in [1.807, 2.05) is 6.92 Å². The highest BCUT2D eigenvalue weighted by atomic mass is 35.5. The number of hydrogen-bond donors (Lipinski definition) is 1. The van der Waals surface area contributed by atoms with Crippen LogP contribution in [0.5, 0.6) is 0 Å². The Labute approximate surface area is 124 Å². The molecule has 0 fully saturated rings. The van der Waals surface area contributed by atoms with Gasteiger partial charge in [0.1, 0.15) is 0 Å². The first-order chi connectivity index (χ1) is 9.15. The molecule has 0 atom stereocenters. The number of anilines is 1. The van der Waals surface area contributed by atoms with Gasteiger partial charge in [0, 0.05) is 16.5 Å². The predicted molar refractivity (Wildman–Crippen MR) is 80.9 cm³/mol. The summed E-state index contributed by atoms with van der Waals surface area (Å²) >= 11 is 8.50. The second kappa shape index (κ2) is 6.88. The molecule has 1 amide bonds. The van der Waals surface area contributed by atoms with Crippen molar-refractivity contribution in [1.29, 1.82) is 0 Å². The van der Waals surface area contributed by atoms with Crippen LogP contribution >= 0.6 is 35.1 Å². The van der Waals surface area contributed by atoms with E-state index < -0.39 is 0 Å². The Kier molecular flexibility index (Phi) is 5.18. The molecule has 0 saturated heterocycles. The van der Waals surface area contributed by atoms with Crippen LogP contribution in [0.15, 0.2) is 24.3 Å². The summed E-state index contributed by atoms with van der Waals surface area (Å²) in [7, 11) is 0. The first-order valence-corrected chi connectivity index (χ1v) is 7.82. The maximum Gasteiger partial charge on any atom is 0.234 e. The molecule has 0 aliphatic rings. The minimum Gasteiger partial charge on any atom is -0.325 e. The van der Waals surface area contributed by atoms with E-state index in [0.717, 1.165) is 17.1 Å². The average Bonchev–Trinajstić information content (AvgIpc) is 2.78. The fraction of sp³-hybridized carbons (Fsp3) is 0.250. The lowest BCUT2D eigenvalue weighted by Crippen LogP contribution is -2.14. The lowest BCUT2D eigenvalue weighted by atomic mass is 10.3. The molecule has 1 aromatic carbocycles. The standard InChI is InChI=1S/C12H12ClN3OS2/c1-8-11(16-19-15-8)6-18-7-12(17)14-10-4-2-9(13)3-5-10/h2-5H,6-7H2,1H3,(H,14,17).